The molecular weight excluding hydrogens is 403 g/mol. The number of benzene rings is 2. The first-order valence-electron chi connectivity index (χ1n) is 8.15. The van der Waals surface area contributed by atoms with Crippen molar-refractivity contribution in [3.8, 4) is 5.75 Å². The van der Waals surface area contributed by atoms with Crippen LogP contribution in [0.2, 0.25) is 0 Å². The van der Waals surface area contributed by atoms with Gasteiger partial charge in [-0.3, -0.25) is 9.52 Å². The Morgan fingerprint density at radius 1 is 1.14 bits per heavy atom. The van der Waals surface area contributed by atoms with Crippen LogP contribution in [-0.4, -0.2) is 21.4 Å². The third-order valence-corrected chi connectivity index (χ3v) is 5.91. The van der Waals surface area contributed by atoms with Gasteiger partial charge in [-0.05, 0) is 64.9 Å². The lowest BCUT2D eigenvalue weighted by atomic mass is 10.2. The topological polar surface area (TPSA) is 84.5 Å². The number of nitrogens with one attached hydrogen (secondary N) is 2. The standard InChI is InChI=1S/C19H17FN2O4S2/c1-26-18-7-4-15(21-19(23)10-13-8-9-27-12-13)11-17(18)22-28(24,25)16-5-2-14(20)3-6-16/h2-9,11-12,22H,10H2,1H3,(H,21,23). The van der Waals surface area contributed by atoms with E-state index in [1.165, 1.54) is 24.5 Å². The van der Waals surface area contributed by atoms with Gasteiger partial charge in [0.1, 0.15) is 11.6 Å². The average molecular weight is 420 g/mol. The number of sulfonamides is 1. The summed E-state index contributed by atoms with van der Waals surface area (Å²) in [5, 5.41) is 6.50. The molecule has 1 aromatic heterocycles. The summed E-state index contributed by atoms with van der Waals surface area (Å²) in [7, 11) is -2.55. The van der Waals surface area contributed by atoms with E-state index in [-0.39, 0.29) is 28.7 Å². The molecule has 3 aromatic rings. The summed E-state index contributed by atoms with van der Waals surface area (Å²) >= 11 is 1.50. The van der Waals surface area contributed by atoms with Crippen molar-refractivity contribution >= 4 is 38.6 Å². The molecule has 0 aliphatic carbocycles. The van der Waals surface area contributed by atoms with Crippen molar-refractivity contribution in [1.82, 2.24) is 0 Å². The van der Waals surface area contributed by atoms with Crippen molar-refractivity contribution in [3.63, 3.8) is 0 Å². The fraction of sp³-hybridized carbons (Fsp3) is 0.105. The summed E-state index contributed by atoms with van der Waals surface area (Å²) in [6.07, 6.45) is 0.214. The van der Waals surface area contributed by atoms with E-state index in [4.69, 9.17) is 4.74 Å². The summed E-state index contributed by atoms with van der Waals surface area (Å²) in [5.41, 5.74) is 1.46. The number of halogens is 1. The Morgan fingerprint density at radius 3 is 2.54 bits per heavy atom. The first kappa shape index (κ1) is 19.8. The van der Waals surface area contributed by atoms with Crippen LogP contribution in [0.25, 0.3) is 0 Å². The van der Waals surface area contributed by atoms with Gasteiger partial charge in [-0.15, -0.1) is 0 Å². The van der Waals surface area contributed by atoms with E-state index in [9.17, 15) is 17.6 Å². The predicted molar refractivity (Wildman–Crippen MR) is 107 cm³/mol. The van der Waals surface area contributed by atoms with Gasteiger partial charge in [-0.2, -0.15) is 11.3 Å². The average Bonchev–Trinajstić information content (AvgIpc) is 3.15. The SMILES string of the molecule is COc1ccc(NC(=O)Cc2ccsc2)cc1NS(=O)(=O)c1ccc(F)cc1. The normalized spacial score (nSPS) is 11.1. The number of amides is 1. The van der Waals surface area contributed by atoms with Crippen molar-refractivity contribution in [3.05, 3.63) is 70.7 Å². The Hall–Kier alpha value is -2.91. The maximum Gasteiger partial charge on any atom is 0.262 e. The number of thiophene rings is 1. The van der Waals surface area contributed by atoms with E-state index in [1.54, 1.807) is 12.1 Å². The lowest BCUT2D eigenvalue weighted by Crippen LogP contribution is -2.16. The van der Waals surface area contributed by atoms with E-state index >= 15 is 0 Å². The minimum absolute atomic E-state index is 0.0946. The Bertz CT molecular complexity index is 1070. The molecule has 1 heterocycles. The smallest absolute Gasteiger partial charge is 0.262 e. The summed E-state index contributed by atoms with van der Waals surface area (Å²) in [4.78, 5) is 12.1. The first-order chi connectivity index (χ1) is 13.4. The zero-order chi connectivity index (χ0) is 20.1. The fourth-order valence-corrected chi connectivity index (χ4v) is 4.20. The number of hydrogen-bond acceptors (Lipinski definition) is 5. The van der Waals surface area contributed by atoms with E-state index in [2.05, 4.69) is 10.0 Å². The van der Waals surface area contributed by atoms with Crippen LogP contribution in [0.5, 0.6) is 5.75 Å². The molecule has 0 aliphatic rings. The van der Waals surface area contributed by atoms with Gasteiger partial charge in [0.15, 0.2) is 0 Å². The van der Waals surface area contributed by atoms with E-state index in [0.717, 1.165) is 29.8 Å². The number of rotatable bonds is 7. The highest BCUT2D eigenvalue weighted by Gasteiger charge is 2.17. The van der Waals surface area contributed by atoms with Gasteiger partial charge in [-0.25, -0.2) is 12.8 Å². The van der Waals surface area contributed by atoms with Crippen LogP contribution < -0.4 is 14.8 Å². The maximum atomic E-state index is 13.1. The van der Waals surface area contributed by atoms with Crippen LogP contribution in [0, 0.1) is 5.82 Å². The van der Waals surface area contributed by atoms with E-state index < -0.39 is 15.8 Å². The van der Waals surface area contributed by atoms with Crippen LogP contribution in [0.3, 0.4) is 0 Å². The van der Waals surface area contributed by atoms with Gasteiger partial charge >= 0.3 is 0 Å². The lowest BCUT2D eigenvalue weighted by molar-refractivity contribution is -0.115. The number of hydrogen-bond donors (Lipinski definition) is 2. The molecule has 0 bridgehead atoms. The van der Waals surface area contributed by atoms with E-state index in [1.807, 2.05) is 16.8 Å². The molecule has 0 saturated heterocycles. The van der Waals surface area contributed by atoms with Gasteiger partial charge in [0.25, 0.3) is 10.0 Å². The lowest BCUT2D eigenvalue weighted by Gasteiger charge is -2.14. The van der Waals surface area contributed by atoms with Gasteiger partial charge in [0.05, 0.1) is 24.1 Å². The molecule has 0 fully saturated rings. The highest BCUT2D eigenvalue weighted by molar-refractivity contribution is 7.92. The van der Waals surface area contributed by atoms with Crippen LogP contribution >= 0.6 is 11.3 Å². The Balaban J connectivity index is 1.80. The molecule has 3 rings (SSSR count). The van der Waals surface area contributed by atoms with Crippen LogP contribution in [0.4, 0.5) is 15.8 Å². The minimum atomic E-state index is -3.96. The third-order valence-electron chi connectivity index (χ3n) is 3.80. The zero-order valence-electron chi connectivity index (χ0n) is 14.8. The van der Waals surface area contributed by atoms with Gasteiger partial charge in [0.2, 0.25) is 5.91 Å². The van der Waals surface area contributed by atoms with Crippen molar-refractivity contribution in [2.24, 2.45) is 0 Å². The van der Waals surface area contributed by atoms with Gasteiger partial charge in [0, 0.05) is 5.69 Å². The van der Waals surface area contributed by atoms with E-state index in [0.29, 0.717) is 5.69 Å². The molecular formula is C19H17FN2O4S2. The van der Waals surface area contributed by atoms with Crippen LogP contribution in [-0.2, 0) is 21.2 Å². The summed E-state index contributed by atoms with van der Waals surface area (Å²) in [6.45, 7) is 0. The molecule has 146 valence electrons. The molecule has 2 aromatic carbocycles. The van der Waals surface area contributed by atoms with Gasteiger partial charge in [-0.1, -0.05) is 0 Å². The van der Waals surface area contributed by atoms with Crippen molar-refractivity contribution in [2.75, 3.05) is 17.1 Å². The molecule has 28 heavy (non-hydrogen) atoms. The van der Waals surface area contributed by atoms with Gasteiger partial charge < -0.3 is 10.1 Å². The number of ether oxygens (including phenoxy) is 1. The Labute approximate surface area is 166 Å². The molecule has 0 radical (unpaired) electrons. The van der Waals surface area contributed by atoms with Crippen molar-refractivity contribution < 1.29 is 22.3 Å². The monoisotopic (exact) mass is 420 g/mol. The summed E-state index contributed by atoms with van der Waals surface area (Å²) in [6, 6.07) is 10.9. The molecule has 2 N–H and O–H groups in total. The number of carbonyl (C=O) groups is 1. The first-order valence-corrected chi connectivity index (χ1v) is 10.6. The van der Waals surface area contributed by atoms with Crippen LogP contribution in [0.15, 0.2) is 64.2 Å². The molecule has 0 unspecified atom stereocenters. The summed E-state index contributed by atoms with van der Waals surface area (Å²) in [5.74, 6) is -0.482. The molecule has 0 aliphatic heterocycles. The maximum absolute atomic E-state index is 13.1. The van der Waals surface area contributed by atoms with Crippen molar-refractivity contribution in [1.29, 1.82) is 0 Å². The second-order valence-electron chi connectivity index (χ2n) is 5.83. The Kier molecular flexibility index (Phi) is 5.96. The number of methoxy groups -OCH3 is 1. The van der Waals surface area contributed by atoms with Crippen molar-refractivity contribution in [2.45, 2.75) is 11.3 Å². The molecule has 1 amide bonds. The van der Waals surface area contributed by atoms with Crippen LogP contribution in [0.1, 0.15) is 5.56 Å². The zero-order valence-corrected chi connectivity index (χ0v) is 16.4. The molecule has 0 saturated carbocycles. The largest absolute Gasteiger partial charge is 0.495 e. The quantitative estimate of drug-likeness (QED) is 0.608. The number of anilines is 2. The predicted octanol–water partition coefficient (Wildman–Crippen LogP) is 3.88. The second-order valence-corrected chi connectivity index (χ2v) is 8.29. The highest BCUT2D eigenvalue weighted by Crippen LogP contribution is 2.30. The minimum Gasteiger partial charge on any atom is -0.495 e. The molecule has 9 heteroatoms. The third kappa shape index (κ3) is 4.87. The highest BCUT2D eigenvalue weighted by atomic mass is 32.2. The molecule has 6 nitrogen and oxygen atoms in total. The molecule has 0 spiro atoms. The number of carbonyl (C=O) groups excluding carboxylic acids is 1. The fourth-order valence-electron chi connectivity index (χ4n) is 2.47. The Morgan fingerprint density at radius 2 is 1.89 bits per heavy atom. The molecule has 0 atom stereocenters. The summed E-state index contributed by atoms with van der Waals surface area (Å²) < 4.78 is 45.8. The second kappa shape index (κ2) is 8.41.